The van der Waals surface area contributed by atoms with Crippen LogP contribution in [0, 0.1) is 0 Å². The SMILES string of the molecule is COc1c(N)cccc1-c1cnn([C@@H]2CCOC2)c1. The van der Waals surface area contributed by atoms with Crippen molar-refractivity contribution in [2.75, 3.05) is 26.1 Å². The summed E-state index contributed by atoms with van der Waals surface area (Å²) in [4.78, 5) is 0. The molecule has 2 N–H and O–H groups in total. The third-order valence-electron chi connectivity index (χ3n) is 3.44. The van der Waals surface area contributed by atoms with Gasteiger partial charge in [-0.15, -0.1) is 0 Å². The second-order valence-corrected chi connectivity index (χ2v) is 4.65. The van der Waals surface area contributed by atoms with Crippen LogP contribution in [0.5, 0.6) is 5.75 Å². The van der Waals surface area contributed by atoms with Crippen molar-refractivity contribution < 1.29 is 9.47 Å². The molecule has 5 heteroatoms. The highest BCUT2D eigenvalue weighted by molar-refractivity contribution is 5.76. The monoisotopic (exact) mass is 259 g/mol. The van der Waals surface area contributed by atoms with Crippen LogP contribution in [0.4, 0.5) is 5.69 Å². The van der Waals surface area contributed by atoms with Gasteiger partial charge in [0.15, 0.2) is 0 Å². The van der Waals surface area contributed by atoms with E-state index in [9.17, 15) is 0 Å². The predicted octanol–water partition coefficient (Wildman–Crippen LogP) is 2.10. The van der Waals surface area contributed by atoms with Gasteiger partial charge >= 0.3 is 0 Å². The van der Waals surface area contributed by atoms with Crippen LogP contribution < -0.4 is 10.5 Å². The smallest absolute Gasteiger partial charge is 0.149 e. The van der Waals surface area contributed by atoms with Gasteiger partial charge in [0.25, 0.3) is 0 Å². The van der Waals surface area contributed by atoms with Crippen molar-refractivity contribution in [1.29, 1.82) is 0 Å². The first-order valence-electron chi connectivity index (χ1n) is 6.34. The number of aromatic nitrogens is 2. The number of rotatable bonds is 3. The summed E-state index contributed by atoms with van der Waals surface area (Å²) in [6.07, 6.45) is 4.88. The number of hydrogen-bond donors (Lipinski definition) is 1. The van der Waals surface area contributed by atoms with Crippen LogP contribution in [0.3, 0.4) is 0 Å². The molecular formula is C14H17N3O2. The zero-order chi connectivity index (χ0) is 13.2. The molecule has 1 atom stereocenters. The maximum atomic E-state index is 5.93. The third-order valence-corrected chi connectivity index (χ3v) is 3.44. The van der Waals surface area contributed by atoms with E-state index in [0.717, 1.165) is 30.8 Å². The van der Waals surface area contributed by atoms with E-state index in [1.165, 1.54) is 0 Å². The molecule has 0 bridgehead atoms. The highest BCUT2D eigenvalue weighted by atomic mass is 16.5. The Morgan fingerprint density at radius 1 is 1.47 bits per heavy atom. The van der Waals surface area contributed by atoms with Crippen LogP contribution in [0.25, 0.3) is 11.1 Å². The summed E-state index contributed by atoms with van der Waals surface area (Å²) in [7, 11) is 1.63. The van der Waals surface area contributed by atoms with E-state index in [4.69, 9.17) is 15.2 Å². The molecule has 1 aliphatic rings. The van der Waals surface area contributed by atoms with E-state index in [0.29, 0.717) is 17.5 Å². The first-order valence-corrected chi connectivity index (χ1v) is 6.34. The molecule has 0 saturated carbocycles. The normalized spacial score (nSPS) is 18.7. The molecule has 0 radical (unpaired) electrons. The molecule has 1 fully saturated rings. The van der Waals surface area contributed by atoms with Gasteiger partial charge in [0, 0.05) is 23.9 Å². The first-order chi connectivity index (χ1) is 9.29. The van der Waals surface area contributed by atoms with Gasteiger partial charge in [-0.1, -0.05) is 12.1 Å². The van der Waals surface area contributed by atoms with E-state index < -0.39 is 0 Å². The highest BCUT2D eigenvalue weighted by Gasteiger charge is 2.19. The quantitative estimate of drug-likeness (QED) is 0.857. The van der Waals surface area contributed by atoms with Crippen LogP contribution in [0.15, 0.2) is 30.6 Å². The van der Waals surface area contributed by atoms with E-state index in [-0.39, 0.29) is 0 Å². The van der Waals surface area contributed by atoms with Gasteiger partial charge in [-0.2, -0.15) is 5.10 Å². The summed E-state index contributed by atoms with van der Waals surface area (Å²) < 4.78 is 12.7. The van der Waals surface area contributed by atoms with E-state index >= 15 is 0 Å². The predicted molar refractivity (Wildman–Crippen MR) is 73.1 cm³/mol. The van der Waals surface area contributed by atoms with E-state index in [1.807, 2.05) is 35.3 Å². The largest absolute Gasteiger partial charge is 0.494 e. The number of hydrogen-bond acceptors (Lipinski definition) is 4. The molecule has 2 heterocycles. The standard InChI is InChI=1S/C14H17N3O2/c1-18-14-12(3-2-4-13(14)15)10-7-16-17(8-10)11-5-6-19-9-11/h2-4,7-8,11H,5-6,9,15H2,1H3/t11-/m1/s1. The summed E-state index contributed by atoms with van der Waals surface area (Å²) >= 11 is 0. The highest BCUT2D eigenvalue weighted by Crippen LogP contribution is 2.35. The zero-order valence-electron chi connectivity index (χ0n) is 10.9. The van der Waals surface area contributed by atoms with Crippen LogP contribution in [-0.2, 0) is 4.74 Å². The maximum Gasteiger partial charge on any atom is 0.149 e. The summed E-state index contributed by atoms with van der Waals surface area (Å²) in [6.45, 7) is 1.54. The fraction of sp³-hybridized carbons (Fsp3) is 0.357. The van der Waals surface area contributed by atoms with Crippen molar-refractivity contribution in [3.8, 4) is 16.9 Å². The van der Waals surface area contributed by atoms with Gasteiger partial charge in [0.1, 0.15) is 5.75 Å². The van der Waals surface area contributed by atoms with Gasteiger partial charge in [-0.25, -0.2) is 0 Å². The van der Waals surface area contributed by atoms with Crippen molar-refractivity contribution in [3.63, 3.8) is 0 Å². The molecule has 2 aromatic rings. The summed E-state index contributed by atoms with van der Waals surface area (Å²) in [5, 5.41) is 4.42. The molecule has 19 heavy (non-hydrogen) atoms. The average molecular weight is 259 g/mol. The van der Waals surface area contributed by atoms with Crippen molar-refractivity contribution >= 4 is 5.69 Å². The molecule has 0 spiro atoms. The lowest BCUT2D eigenvalue weighted by Crippen LogP contribution is -2.08. The number of nitrogens with zero attached hydrogens (tertiary/aromatic N) is 2. The lowest BCUT2D eigenvalue weighted by Gasteiger charge is -2.10. The molecule has 0 unspecified atom stereocenters. The molecule has 1 saturated heterocycles. The first kappa shape index (κ1) is 12.0. The molecule has 1 aliphatic heterocycles. The minimum atomic E-state index is 0.334. The Hall–Kier alpha value is -2.01. The number of anilines is 1. The fourth-order valence-electron chi connectivity index (χ4n) is 2.42. The molecule has 5 nitrogen and oxygen atoms in total. The second kappa shape index (κ2) is 4.93. The summed E-state index contributed by atoms with van der Waals surface area (Å²) in [6, 6.07) is 6.07. The van der Waals surface area contributed by atoms with Crippen molar-refractivity contribution in [2.24, 2.45) is 0 Å². The fourth-order valence-corrected chi connectivity index (χ4v) is 2.42. The van der Waals surface area contributed by atoms with Crippen LogP contribution in [0.2, 0.25) is 0 Å². The zero-order valence-corrected chi connectivity index (χ0v) is 10.9. The second-order valence-electron chi connectivity index (χ2n) is 4.65. The Kier molecular flexibility index (Phi) is 3.13. The van der Waals surface area contributed by atoms with Gasteiger partial charge in [0.2, 0.25) is 0 Å². The van der Waals surface area contributed by atoms with Gasteiger partial charge in [0.05, 0.1) is 31.6 Å². The Balaban J connectivity index is 1.96. The Morgan fingerprint density at radius 3 is 3.11 bits per heavy atom. The van der Waals surface area contributed by atoms with Gasteiger partial charge in [-0.05, 0) is 12.5 Å². The molecular weight excluding hydrogens is 242 g/mol. The van der Waals surface area contributed by atoms with Crippen LogP contribution >= 0.6 is 0 Å². The van der Waals surface area contributed by atoms with Crippen LogP contribution in [0.1, 0.15) is 12.5 Å². The number of nitrogen functional groups attached to an aromatic ring is 1. The topological polar surface area (TPSA) is 62.3 Å². The Bertz CT molecular complexity index is 574. The number of benzene rings is 1. The Morgan fingerprint density at radius 2 is 2.37 bits per heavy atom. The lowest BCUT2D eigenvalue weighted by atomic mass is 10.1. The number of para-hydroxylation sites is 1. The van der Waals surface area contributed by atoms with E-state index in [1.54, 1.807) is 7.11 Å². The molecule has 0 amide bonds. The van der Waals surface area contributed by atoms with Crippen LogP contribution in [-0.4, -0.2) is 30.1 Å². The van der Waals surface area contributed by atoms with Crippen molar-refractivity contribution in [2.45, 2.75) is 12.5 Å². The summed E-state index contributed by atoms with van der Waals surface area (Å²) in [5.74, 6) is 0.699. The molecule has 1 aromatic carbocycles. The lowest BCUT2D eigenvalue weighted by molar-refractivity contribution is 0.184. The maximum absolute atomic E-state index is 5.93. The van der Waals surface area contributed by atoms with Gasteiger partial charge in [-0.3, -0.25) is 4.68 Å². The van der Waals surface area contributed by atoms with Crippen molar-refractivity contribution in [3.05, 3.63) is 30.6 Å². The van der Waals surface area contributed by atoms with Gasteiger partial charge < -0.3 is 15.2 Å². The number of nitrogens with two attached hydrogens (primary N) is 1. The molecule has 3 rings (SSSR count). The Labute approximate surface area is 111 Å². The van der Waals surface area contributed by atoms with E-state index in [2.05, 4.69) is 5.10 Å². The van der Waals surface area contributed by atoms with Crippen molar-refractivity contribution in [1.82, 2.24) is 9.78 Å². The minimum Gasteiger partial charge on any atom is -0.494 e. The average Bonchev–Trinajstić information content (AvgIpc) is 3.09. The molecule has 100 valence electrons. The summed E-state index contributed by atoms with van der Waals surface area (Å²) in [5.41, 5.74) is 8.54. The minimum absolute atomic E-state index is 0.334. The molecule has 0 aliphatic carbocycles. The number of methoxy groups -OCH3 is 1. The molecule has 1 aromatic heterocycles. The number of ether oxygens (including phenoxy) is 2. The third kappa shape index (κ3) is 2.17.